The zero-order valence-corrected chi connectivity index (χ0v) is 13.0. The normalized spacial score (nSPS) is 23.5. The highest BCUT2D eigenvalue weighted by atomic mass is 35.5. The summed E-state index contributed by atoms with van der Waals surface area (Å²) in [7, 11) is -4.32. The van der Waals surface area contributed by atoms with Gasteiger partial charge in [-0.3, -0.25) is 0 Å². The van der Waals surface area contributed by atoms with E-state index in [0.717, 1.165) is 12.1 Å². The van der Waals surface area contributed by atoms with Gasteiger partial charge in [0.05, 0.1) is 16.6 Å². The number of benzene rings is 1. The van der Waals surface area contributed by atoms with Crippen molar-refractivity contribution in [3.05, 3.63) is 28.8 Å². The van der Waals surface area contributed by atoms with Crippen LogP contribution in [-0.2, 0) is 16.2 Å². The van der Waals surface area contributed by atoms with Crippen LogP contribution in [0.4, 0.5) is 13.2 Å². The molecule has 0 saturated heterocycles. The van der Waals surface area contributed by atoms with Crippen molar-refractivity contribution in [2.45, 2.75) is 48.9 Å². The molecule has 9 heteroatoms. The van der Waals surface area contributed by atoms with E-state index in [9.17, 15) is 26.7 Å². The van der Waals surface area contributed by atoms with E-state index < -0.39 is 38.8 Å². The molecule has 1 saturated carbocycles. The molecular formula is C13H15ClF3NO3S. The lowest BCUT2D eigenvalue weighted by molar-refractivity contribution is -0.139. The van der Waals surface area contributed by atoms with Crippen molar-refractivity contribution >= 4 is 21.6 Å². The average Bonchev–Trinajstić information content (AvgIpc) is 2.40. The van der Waals surface area contributed by atoms with E-state index in [1.165, 1.54) is 0 Å². The molecule has 0 heterocycles. The predicted molar refractivity (Wildman–Crippen MR) is 75.0 cm³/mol. The second-order valence-electron chi connectivity index (χ2n) is 5.26. The number of rotatable bonds is 3. The highest BCUT2D eigenvalue weighted by Crippen LogP contribution is 2.36. The monoisotopic (exact) mass is 357 g/mol. The Morgan fingerprint density at radius 1 is 1.18 bits per heavy atom. The maximum Gasteiger partial charge on any atom is 0.417 e. The van der Waals surface area contributed by atoms with Crippen LogP contribution >= 0.6 is 11.6 Å². The fraction of sp³-hybridized carbons (Fsp3) is 0.538. The minimum atomic E-state index is -4.82. The van der Waals surface area contributed by atoms with E-state index in [-0.39, 0.29) is 5.02 Å². The highest BCUT2D eigenvalue weighted by molar-refractivity contribution is 7.89. The number of alkyl halides is 3. The molecule has 1 aromatic rings. The first-order valence-electron chi connectivity index (χ1n) is 6.67. The highest BCUT2D eigenvalue weighted by Gasteiger charge is 2.38. The molecule has 1 aliphatic rings. The van der Waals surface area contributed by atoms with Crippen molar-refractivity contribution in [3.8, 4) is 0 Å². The minimum absolute atomic E-state index is 0.188. The van der Waals surface area contributed by atoms with Crippen LogP contribution in [0.1, 0.15) is 31.2 Å². The second kappa shape index (κ2) is 6.35. The Labute approximate surface area is 131 Å². The van der Waals surface area contributed by atoms with E-state index in [4.69, 9.17) is 11.6 Å². The Balaban J connectivity index is 2.30. The molecule has 124 valence electrons. The fourth-order valence-electron chi connectivity index (χ4n) is 2.43. The largest absolute Gasteiger partial charge is 0.417 e. The summed E-state index contributed by atoms with van der Waals surface area (Å²) in [6.45, 7) is 0. The van der Waals surface area contributed by atoms with Gasteiger partial charge in [0.25, 0.3) is 0 Å². The van der Waals surface area contributed by atoms with Gasteiger partial charge < -0.3 is 5.11 Å². The van der Waals surface area contributed by atoms with Crippen molar-refractivity contribution in [2.24, 2.45) is 0 Å². The molecule has 2 N–H and O–H groups in total. The Morgan fingerprint density at radius 2 is 1.77 bits per heavy atom. The van der Waals surface area contributed by atoms with Gasteiger partial charge in [0.15, 0.2) is 0 Å². The Bertz CT molecular complexity index is 640. The predicted octanol–water partition coefficient (Wildman–Crippen LogP) is 2.94. The van der Waals surface area contributed by atoms with Crippen molar-refractivity contribution in [1.29, 1.82) is 0 Å². The van der Waals surface area contributed by atoms with Crippen LogP contribution in [0.15, 0.2) is 23.1 Å². The van der Waals surface area contributed by atoms with Crippen LogP contribution in [0, 0.1) is 0 Å². The zero-order chi connectivity index (χ0) is 16.5. The lowest BCUT2D eigenvalue weighted by atomic mass is 9.94. The molecule has 22 heavy (non-hydrogen) atoms. The molecule has 1 aliphatic carbocycles. The summed E-state index contributed by atoms with van der Waals surface area (Å²) in [5.41, 5.74) is -1.29. The molecular weight excluding hydrogens is 343 g/mol. The molecule has 1 fully saturated rings. The van der Waals surface area contributed by atoms with E-state index in [1.807, 2.05) is 0 Å². The Morgan fingerprint density at radius 3 is 2.32 bits per heavy atom. The SMILES string of the molecule is O=S(=O)(NC1CCC(O)CC1)c1ccc(Cl)cc1C(F)(F)F. The summed E-state index contributed by atoms with van der Waals surface area (Å²) in [6.07, 6.45) is -3.70. The third-order valence-corrected chi connectivity index (χ3v) is 5.37. The number of nitrogens with one attached hydrogen (secondary N) is 1. The summed E-state index contributed by atoms with van der Waals surface area (Å²) in [6, 6.07) is 2.08. The number of aliphatic hydroxyl groups excluding tert-OH is 1. The molecule has 4 nitrogen and oxygen atoms in total. The standard InChI is InChI=1S/C13H15ClF3NO3S/c14-8-1-6-12(11(7-8)13(15,16)17)22(20,21)18-9-2-4-10(19)5-3-9/h1,6-7,9-10,18-19H,2-5H2. The molecule has 1 aromatic carbocycles. The van der Waals surface area contributed by atoms with Crippen LogP contribution < -0.4 is 4.72 Å². The van der Waals surface area contributed by atoms with Gasteiger partial charge in [-0.05, 0) is 43.9 Å². The smallest absolute Gasteiger partial charge is 0.393 e. The van der Waals surface area contributed by atoms with Gasteiger partial charge in [-0.2, -0.15) is 13.2 Å². The van der Waals surface area contributed by atoms with Crippen LogP contribution in [0.3, 0.4) is 0 Å². The second-order valence-corrected chi connectivity index (χ2v) is 7.38. The van der Waals surface area contributed by atoms with Gasteiger partial charge in [0.1, 0.15) is 0 Å². The van der Waals surface area contributed by atoms with E-state index in [2.05, 4.69) is 4.72 Å². The van der Waals surface area contributed by atoms with E-state index in [1.54, 1.807) is 0 Å². The topological polar surface area (TPSA) is 66.4 Å². The minimum Gasteiger partial charge on any atom is -0.393 e. The first kappa shape index (κ1) is 17.5. The van der Waals surface area contributed by atoms with Crippen molar-refractivity contribution in [3.63, 3.8) is 0 Å². The molecule has 0 spiro atoms. The number of hydrogen-bond donors (Lipinski definition) is 2. The molecule has 0 amide bonds. The van der Waals surface area contributed by atoms with Gasteiger partial charge in [-0.15, -0.1) is 0 Å². The first-order chi connectivity index (χ1) is 10.1. The zero-order valence-electron chi connectivity index (χ0n) is 11.4. The van der Waals surface area contributed by atoms with Gasteiger partial charge in [-0.25, -0.2) is 13.1 Å². The van der Waals surface area contributed by atoms with Gasteiger partial charge in [-0.1, -0.05) is 11.6 Å². The summed E-state index contributed by atoms with van der Waals surface area (Å²) in [4.78, 5) is -0.837. The van der Waals surface area contributed by atoms with Crippen molar-refractivity contribution in [1.82, 2.24) is 4.72 Å². The van der Waals surface area contributed by atoms with Gasteiger partial charge in [0.2, 0.25) is 10.0 Å². The van der Waals surface area contributed by atoms with Crippen LogP contribution in [0.5, 0.6) is 0 Å². The number of sulfonamides is 1. The fourth-order valence-corrected chi connectivity index (χ4v) is 4.12. The van der Waals surface area contributed by atoms with Crippen LogP contribution in [-0.4, -0.2) is 25.7 Å². The lowest BCUT2D eigenvalue weighted by Crippen LogP contribution is -2.39. The quantitative estimate of drug-likeness (QED) is 0.874. The van der Waals surface area contributed by atoms with E-state index in [0.29, 0.717) is 31.7 Å². The number of hydrogen-bond acceptors (Lipinski definition) is 3. The summed E-state index contributed by atoms with van der Waals surface area (Å²) in [5.74, 6) is 0. The molecule has 0 aromatic heterocycles. The van der Waals surface area contributed by atoms with Crippen molar-refractivity contribution in [2.75, 3.05) is 0 Å². The van der Waals surface area contributed by atoms with Crippen LogP contribution in [0.25, 0.3) is 0 Å². The average molecular weight is 358 g/mol. The number of halogens is 4. The number of aliphatic hydroxyl groups is 1. The molecule has 0 bridgehead atoms. The van der Waals surface area contributed by atoms with Gasteiger partial charge >= 0.3 is 6.18 Å². The maximum absolute atomic E-state index is 13.0. The van der Waals surface area contributed by atoms with Crippen molar-refractivity contribution < 1.29 is 26.7 Å². The lowest BCUT2D eigenvalue weighted by Gasteiger charge is -2.26. The summed E-state index contributed by atoms with van der Waals surface area (Å²) in [5, 5.41) is 9.20. The third-order valence-electron chi connectivity index (χ3n) is 3.56. The van der Waals surface area contributed by atoms with E-state index >= 15 is 0 Å². The molecule has 0 radical (unpaired) electrons. The molecule has 0 aliphatic heterocycles. The Kier molecular flexibility index (Phi) is 5.06. The summed E-state index contributed by atoms with van der Waals surface area (Å²) >= 11 is 5.54. The molecule has 0 unspecified atom stereocenters. The molecule has 0 atom stereocenters. The Hall–Kier alpha value is -0.830. The maximum atomic E-state index is 13.0. The summed E-state index contributed by atoms with van der Waals surface area (Å²) < 4.78 is 65.8. The third kappa shape index (κ3) is 4.13. The first-order valence-corrected chi connectivity index (χ1v) is 8.53. The molecule has 2 rings (SSSR count). The van der Waals surface area contributed by atoms with Crippen LogP contribution in [0.2, 0.25) is 5.02 Å². The van der Waals surface area contributed by atoms with Gasteiger partial charge in [0, 0.05) is 11.1 Å².